The summed E-state index contributed by atoms with van der Waals surface area (Å²) in [4.78, 5) is 33.5. The monoisotopic (exact) mass is 366 g/mol. The third kappa shape index (κ3) is 3.72. The van der Waals surface area contributed by atoms with E-state index in [1.807, 2.05) is 45.9 Å². The second kappa shape index (κ2) is 7.26. The summed E-state index contributed by atoms with van der Waals surface area (Å²) in [6.45, 7) is 9.05. The largest absolute Gasteiger partial charge is 0.454 e. The maximum absolute atomic E-state index is 12.7. The zero-order chi connectivity index (χ0) is 19.7. The van der Waals surface area contributed by atoms with Crippen molar-refractivity contribution in [2.45, 2.75) is 47.1 Å². The van der Waals surface area contributed by atoms with Crippen molar-refractivity contribution in [2.24, 2.45) is 0 Å². The van der Waals surface area contributed by atoms with Gasteiger partial charge in [-0.05, 0) is 46.2 Å². The van der Waals surface area contributed by atoms with E-state index >= 15 is 0 Å². The minimum Gasteiger partial charge on any atom is -0.454 e. The van der Waals surface area contributed by atoms with E-state index in [2.05, 4.69) is 15.1 Å². The molecular weight excluding hydrogens is 344 g/mol. The van der Waals surface area contributed by atoms with Crippen LogP contribution in [0.4, 0.5) is 0 Å². The van der Waals surface area contributed by atoms with Crippen LogP contribution in [0.1, 0.15) is 45.4 Å². The molecule has 2 aromatic heterocycles. The molecule has 0 N–H and O–H groups in total. The summed E-state index contributed by atoms with van der Waals surface area (Å²) in [5, 5.41) is 4.11. The summed E-state index contributed by atoms with van der Waals surface area (Å²) < 4.78 is 6.99. The molecule has 7 heteroatoms. The first-order valence-electron chi connectivity index (χ1n) is 8.74. The van der Waals surface area contributed by atoms with Crippen LogP contribution in [0.2, 0.25) is 0 Å². The van der Waals surface area contributed by atoms with E-state index in [-0.39, 0.29) is 12.2 Å². The fraction of sp³-hybridized carbons (Fsp3) is 0.350. The Balaban J connectivity index is 1.76. The molecule has 27 heavy (non-hydrogen) atoms. The Labute approximate surface area is 157 Å². The number of rotatable bonds is 5. The lowest BCUT2D eigenvalue weighted by atomic mass is 9.99. The summed E-state index contributed by atoms with van der Waals surface area (Å²) in [5.74, 6) is -0.197. The van der Waals surface area contributed by atoms with Crippen LogP contribution in [0, 0.1) is 27.7 Å². The van der Waals surface area contributed by atoms with Gasteiger partial charge in [0.1, 0.15) is 6.33 Å². The van der Waals surface area contributed by atoms with Crippen molar-refractivity contribution in [1.82, 2.24) is 19.6 Å². The first kappa shape index (κ1) is 18.7. The average Bonchev–Trinajstić information content (AvgIpc) is 3.08. The van der Waals surface area contributed by atoms with Crippen molar-refractivity contribution in [3.05, 3.63) is 58.2 Å². The molecule has 3 aromatic rings. The van der Waals surface area contributed by atoms with E-state index in [1.165, 1.54) is 6.33 Å². The van der Waals surface area contributed by atoms with Crippen LogP contribution in [0.3, 0.4) is 0 Å². The molecule has 3 rings (SSSR count). The van der Waals surface area contributed by atoms with Crippen molar-refractivity contribution in [1.29, 1.82) is 0 Å². The molecule has 1 aromatic carbocycles. The first-order chi connectivity index (χ1) is 12.8. The SMILES string of the molecule is Cc1ccc(C)c(C(=O)[C@@H](C)OC(=O)Cc2c(C)nc3ncnn3c2C)c1. The van der Waals surface area contributed by atoms with Crippen molar-refractivity contribution in [2.75, 3.05) is 0 Å². The number of hydrogen-bond acceptors (Lipinski definition) is 6. The number of benzene rings is 1. The van der Waals surface area contributed by atoms with E-state index in [4.69, 9.17) is 4.74 Å². The number of hydrogen-bond donors (Lipinski definition) is 0. The minimum atomic E-state index is -0.860. The molecule has 0 fully saturated rings. The first-order valence-corrected chi connectivity index (χ1v) is 8.74. The fourth-order valence-corrected chi connectivity index (χ4v) is 3.07. The van der Waals surface area contributed by atoms with Gasteiger partial charge < -0.3 is 4.74 Å². The maximum atomic E-state index is 12.7. The van der Waals surface area contributed by atoms with Gasteiger partial charge in [-0.25, -0.2) is 9.50 Å². The molecule has 0 radical (unpaired) electrons. The maximum Gasteiger partial charge on any atom is 0.311 e. The Kier molecular flexibility index (Phi) is 5.03. The number of fused-ring (bicyclic) bond motifs is 1. The Morgan fingerprint density at radius 1 is 1.19 bits per heavy atom. The van der Waals surface area contributed by atoms with Gasteiger partial charge in [-0.2, -0.15) is 10.1 Å². The predicted octanol–water partition coefficient (Wildman–Crippen LogP) is 2.72. The highest BCUT2D eigenvalue weighted by Crippen LogP contribution is 2.17. The van der Waals surface area contributed by atoms with Crippen LogP contribution in [-0.2, 0) is 16.0 Å². The number of esters is 1. The molecule has 0 unspecified atom stereocenters. The molecule has 0 amide bonds. The molecule has 2 heterocycles. The van der Waals surface area contributed by atoms with Crippen LogP contribution in [0.5, 0.6) is 0 Å². The highest BCUT2D eigenvalue weighted by atomic mass is 16.5. The number of aryl methyl sites for hydroxylation is 4. The molecule has 0 aliphatic heterocycles. The zero-order valence-corrected chi connectivity index (χ0v) is 16.1. The molecule has 7 nitrogen and oxygen atoms in total. The fourth-order valence-electron chi connectivity index (χ4n) is 3.07. The van der Waals surface area contributed by atoms with Gasteiger partial charge in [0.25, 0.3) is 5.78 Å². The van der Waals surface area contributed by atoms with Gasteiger partial charge in [0, 0.05) is 22.5 Å². The van der Waals surface area contributed by atoms with Gasteiger partial charge in [0.2, 0.25) is 5.78 Å². The standard InChI is InChI=1S/C20H22N4O3/c1-11-6-7-12(2)16(8-11)19(26)15(5)27-18(25)9-17-13(3)23-20-21-10-22-24(20)14(17)4/h6-8,10,15H,9H2,1-5H3/t15-/m1/s1. The summed E-state index contributed by atoms with van der Waals surface area (Å²) in [5.41, 5.74) is 4.62. The van der Waals surface area contributed by atoms with Crippen LogP contribution >= 0.6 is 0 Å². The van der Waals surface area contributed by atoms with Crippen LogP contribution in [0.25, 0.3) is 5.78 Å². The summed E-state index contributed by atoms with van der Waals surface area (Å²) in [6, 6.07) is 5.66. The molecule has 0 bridgehead atoms. The molecular formula is C20H22N4O3. The average molecular weight is 366 g/mol. The number of Topliss-reactive ketones (excluding diaryl/α,β-unsaturated/α-hetero) is 1. The second-order valence-corrected chi connectivity index (χ2v) is 6.72. The summed E-state index contributed by atoms with van der Waals surface area (Å²) in [7, 11) is 0. The number of carbonyl (C=O) groups excluding carboxylic acids is 2. The number of carbonyl (C=O) groups is 2. The second-order valence-electron chi connectivity index (χ2n) is 6.72. The number of ketones is 1. The topological polar surface area (TPSA) is 86.5 Å². The van der Waals surface area contributed by atoms with E-state index in [0.717, 1.165) is 22.4 Å². The van der Waals surface area contributed by atoms with Gasteiger partial charge in [-0.1, -0.05) is 17.7 Å². The van der Waals surface area contributed by atoms with E-state index in [0.29, 0.717) is 17.0 Å². The molecule has 0 aliphatic rings. The van der Waals surface area contributed by atoms with Crippen molar-refractivity contribution < 1.29 is 14.3 Å². The number of ether oxygens (including phenoxy) is 1. The highest BCUT2D eigenvalue weighted by molar-refractivity contribution is 6.01. The Bertz CT molecular complexity index is 1040. The molecule has 140 valence electrons. The van der Waals surface area contributed by atoms with Crippen molar-refractivity contribution >= 4 is 17.5 Å². The minimum absolute atomic E-state index is 0.0187. The lowest BCUT2D eigenvalue weighted by Crippen LogP contribution is -2.26. The Morgan fingerprint density at radius 3 is 2.67 bits per heavy atom. The number of aromatic nitrogens is 4. The lowest BCUT2D eigenvalue weighted by molar-refractivity contribution is -0.145. The van der Waals surface area contributed by atoms with Crippen LogP contribution < -0.4 is 0 Å². The van der Waals surface area contributed by atoms with Gasteiger partial charge in [0.15, 0.2) is 6.10 Å². The molecule has 0 saturated carbocycles. The van der Waals surface area contributed by atoms with Gasteiger partial charge in [0.05, 0.1) is 6.42 Å². The molecule has 0 aliphatic carbocycles. The third-order valence-corrected chi connectivity index (χ3v) is 4.65. The predicted molar refractivity (Wildman–Crippen MR) is 99.8 cm³/mol. The third-order valence-electron chi connectivity index (χ3n) is 4.65. The highest BCUT2D eigenvalue weighted by Gasteiger charge is 2.23. The smallest absolute Gasteiger partial charge is 0.311 e. The zero-order valence-electron chi connectivity index (χ0n) is 16.1. The quantitative estimate of drug-likeness (QED) is 0.510. The van der Waals surface area contributed by atoms with Crippen molar-refractivity contribution in [3.8, 4) is 0 Å². The van der Waals surface area contributed by atoms with Gasteiger partial charge in [-0.15, -0.1) is 0 Å². The molecule has 0 saturated heterocycles. The van der Waals surface area contributed by atoms with Crippen molar-refractivity contribution in [3.63, 3.8) is 0 Å². The van der Waals surface area contributed by atoms with Gasteiger partial charge in [-0.3, -0.25) is 9.59 Å². The number of nitrogens with zero attached hydrogens (tertiary/aromatic N) is 4. The van der Waals surface area contributed by atoms with E-state index in [9.17, 15) is 9.59 Å². The van der Waals surface area contributed by atoms with Gasteiger partial charge >= 0.3 is 5.97 Å². The Morgan fingerprint density at radius 2 is 1.93 bits per heavy atom. The van der Waals surface area contributed by atoms with E-state index in [1.54, 1.807) is 11.4 Å². The summed E-state index contributed by atoms with van der Waals surface area (Å²) in [6.07, 6.45) is 0.578. The van der Waals surface area contributed by atoms with E-state index < -0.39 is 12.1 Å². The van der Waals surface area contributed by atoms with Crippen LogP contribution in [-0.4, -0.2) is 37.4 Å². The lowest BCUT2D eigenvalue weighted by Gasteiger charge is -2.15. The normalized spacial score (nSPS) is 12.2. The molecule has 0 spiro atoms. The summed E-state index contributed by atoms with van der Waals surface area (Å²) >= 11 is 0. The molecule has 1 atom stereocenters. The Hall–Kier alpha value is -3.09. The van der Waals surface area contributed by atoms with Crippen LogP contribution in [0.15, 0.2) is 24.5 Å².